The number of rotatable bonds is 10. The van der Waals surface area contributed by atoms with Crippen LogP contribution in [0.4, 0.5) is 17.6 Å². The second-order valence-corrected chi connectivity index (χ2v) is 10.2. The van der Waals surface area contributed by atoms with Crippen molar-refractivity contribution < 1.29 is 9.53 Å². The molecule has 6 rings (SSSR count). The zero-order valence-corrected chi connectivity index (χ0v) is 22.9. The molecule has 0 atom stereocenters. The van der Waals surface area contributed by atoms with Crippen molar-refractivity contribution >= 4 is 34.7 Å². The third-order valence-corrected chi connectivity index (χ3v) is 7.64. The van der Waals surface area contributed by atoms with Gasteiger partial charge in [0.25, 0.3) is 0 Å². The summed E-state index contributed by atoms with van der Waals surface area (Å²) in [6, 6.07) is 14.1. The highest BCUT2D eigenvalue weighted by Gasteiger charge is 2.24. The van der Waals surface area contributed by atoms with Crippen molar-refractivity contribution in [2.75, 3.05) is 68.0 Å². The average molecular weight is 542 g/mol. The molecular weight excluding hydrogens is 506 g/mol. The average Bonchev–Trinajstić information content (AvgIpc) is 3.62. The molecular formula is C29H35N9O2. The molecule has 1 aromatic carbocycles. The van der Waals surface area contributed by atoms with Crippen LogP contribution in [0.25, 0.3) is 11.2 Å². The van der Waals surface area contributed by atoms with E-state index in [1.165, 1.54) is 5.56 Å². The predicted octanol–water partition coefficient (Wildman–Crippen LogP) is 2.83. The van der Waals surface area contributed by atoms with Crippen LogP contribution in [-0.2, 0) is 17.8 Å². The van der Waals surface area contributed by atoms with Crippen molar-refractivity contribution in [3.63, 3.8) is 0 Å². The van der Waals surface area contributed by atoms with Gasteiger partial charge in [-0.25, -0.2) is 9.97 Å². The molecule has 3 aromatic heterocycles. The molecule has 0 unspecified atom stereocenters. The van der Waals surface area contributed by atoms with Crippen LogP contribution >= 0.6 is 0 Å². The molecule has 40 heavy (non-hydrogen) atoms. The highest BCUT2D eigenvalue weighted by molar-refractivity contribution is 5.84. The summed E-state index contributed by atoms with van der Waals surface area (Å²) in [5.74, 6) is 3.50. The number of carbonyl (C=O) groups excluding carboxylic acids is 1. The number of hydrogen-bond acceptors (Lipinski definition) is 9. The molecule has 0 bridgehead atoms. The van der Waals surface area contributed by atoms with E-state index in [1.807, 2.05) is 52.3 Å². The monoisotopic (exact) mass is 541 g/mol. The molecule has 208 valence electrons. The fourth-order valence-corrected chi connectivity index (χ4v) is 5.32. The predicted molar refractivity (Wildman–Crippen MR) is 155 cm³/mol. The molecule has 11 nitrogen and oxygen atoms in total. The molecule has 0 saturated carbocycles. The van der Waals surface area contributed by atoms with Crippen LogP contribution in [-0.4, -0.2) is 88.2 Å². The van der Waals surface area contributed by atoms with Gasteiger partial charge in [-0.3, -0.25) is 4.79 Å². The first-order valence-electron chi connectivity index (χ1n) is 14.0. The van der Waals surface area contributed by atoms with Crippen molar-refractivity contribution in [3.8, 4) is 5.75 Å². The maximum atomic E-state index is 12.2. The Labute approximate surface area is 233 Å². The Bertz CT molecular complexity index is 1430. The molecule has 1 amide bonds. The highest BCUT2D eigenvalue weighted by atomic mass is 16.5. The molecule has 2 fully saturated rings. The number of hydrogen-bond donors (Lipinski definition) is 1. The number of likely N-dealkylation sites (tertiary alicyclic amines) is 1. The van der Waals surface area contributed by atoms with Gasteiger partial charge in [-0.2, -0.15) is 9.97 Å². The Morgan fingerprint density at radius 2 is 1.75 bits per heavy atom. The van der Waals surface area contributed by atoms with E-state index < -0.39 is 0 Å². The van der Waals surface area contributed by atoms with Crippen molar-refractivity contribution in [1.82, 2.24) is 29.4 Å². The lowest BCUT2D eigenvalue weighted by Crippen LogP contribution is -2.47. The third kappa shape index (κ3) is 5.63. The smallest absolute Gasteiger partial charge is 0.229 e. The SMILES string of the molecule is COc1ccc(CCNc2nc(N3CCN(c4ccccn4)CC3)nc3c2ncn3CCN2CCCC2=O)cc1. The molecule has 2 aliphatic heterocycles. The molecule has 11 heteroatoms. The minimum atomic E-state index is 0.228. The summed E-state index contributed by atoms with van der Waals surface area (Å²) in [6.07, 6.45) is 6.06. The summed E-state index contributed by atoms with van der Waals surface area (Å²) < 4.78 is 7.32. The second kappa shape index (κ2) is 11.8. The molecule has 4 aromatic rings. The topological polar surface area (TPSA) is 105 Å². The van der Waals surface area contributed by atoms with E-state index in [0.717, 1.165) is 74.1 Å². The van der Waals surface area contributed by atoms with Crippen molar-refractivity contribution in [3.05, 3.63) is 60.6 Å². The Hall–Kier alpha value is -4.41. The van der Waals surface area contributed by atoms with E-state index in [1.54, 1.807) is 7.11 Å². The Kier molecular flexibility index (Phi) is 7.60. The van der Waals surface area contributed by atoms with Gasteiger partial charge in [-0.05, 0) is 42.7 Å². The van der Waals surface area contributed by atoms with Crippen LogP contribution in [0.5, 0.6) is 5.75 Å². The Morgan fingerprint density at radius 3 is 2.48 bits per heavy atom. The van der Waals surface area contributed by atoms with Gasteiger partial charge >= 0.3 is 0 Å². The summed E-state index contributed by atoms with van der Waals surface area (Å²) in [4.78, 5) is 37.7. The summed E-state index contributed by atoms with van der Waals surface area (Å²) in [7, 11) is 1.68. The minimum absolute atomic E-state index is 0.228. The van der Waals surface area contributed by atoms with Crippen LogP contribution < -0.4 is 19.9 Å². The van der Waals surface area contributed by atoms with Crippen LogP contribution in [0.15, 0.2) is 55.0 Å². The van der Waals surface area contributed by atoms with Gasteiger partial charge in [0, 0.05) is 65.0 Å². The number of nitrogens with zero attached hydrogens (tertiary/aromatic N) is 8. The molecule has 5 heterocycles. The number of nitrogens with one attached hydrogen (secondary N) is 1. The number of imidazole rings is 1. The van der Waals surface area contributed by atoms with E-state index in [0.29, 0.717) is 32.0 Å². The zero-order chi connectivity index (χ0) is 27.3. The molecule has 2 aliphatic rings. The van der Waals surface area contributed by atoms with Gasteiger partial charge in [0.2, 0.25) is 11.9 Å². The quantitative estimate of drug-likeness (QED) is 0.325. The maximum Gasteiger partial charge on any atom is 0.229 e. The number of carbonyl (C=O) groups is 1. The highest BCUT2D eigenvalue weighted by Crippen LogP contribution is 2.25. The lowest BCUT2D eigenvalue weighted by Gasteiger charge is -2.35. The van der Waals surface area contributed by atoms with E-state index in [4.69, 9.17) is 14.7 Å². The number of fused-ring (bicyclic) bond motifs is 1. The van der Waals surface area contributed by atoms with Crippen LogP contribution in [0.1, 0.15) is 18.4 Å². The molecule has 0 aliphatic carbocycles. The fraction of sp³-hybridized carbons (Fsp3) is 0.414. The maximum absolute atomic E-state index is 12.2. The number of aromatic nitrogens is 5. The van der Waals surface area contributed by atoms with Crippen molar-refractivity contribution in [2.45, 2.75) is 25.8 Å². The van der Waals surface area contributed by atoms with Gasteiger partial charge in [-0.15, -0.1) is 0 Å². The lowest BCUT2D eigenvalue weighted by atomic mass is 10.1. The minimum Gasteiger partial charge on any atom is -0.497 e. The third-order valence-electron chi connectivity index (χ3n) is 7.64. The number of ether oxygens (including phenoxy) is 1. The van der Waals surface area contributed by atoms with Gasteiger partial charge in [-0.1, -0.05) is 18.2 Å². The zero-order valence-electron chi connectivity index (χ0n) is 22.9. The molecule has 2 saturated heterocycles. The number of methoxy groups -OCH3 is 1. The first kappa shape index (κ1) is 25.8. The van der Waals surface area contributed by atoms with Crippen molar-refractivity contribution in [1.29, 1.82) is 0 Å². The van der Waals surface area contributed by atoms with Gasteiger partial charge in [0.05, 0.1) is 13.4 Å². The van der Waals surface area contributed by atoms with Gasteiger partial charge in [0.1, 0.15) is 11.6 Å². The summed E-state index contributed by atoms with van der Waals surface area (Å²) in [6.45, 7) is 6.12. The number of pyridine rings is 1. The number of anilines is 3. The largest absolute Gasteiger partial charge is 0.497 e. The van der Waals surface area contributed by atoms with Crippen LogP contribution in [0.2, 0.25) is 0 Å². The van der Waals surface area contributed by atoms with Gasteiger partial charge in [0.15, 0.2) is 17.0 Å². The summed E-state index contributed by atoms with van der Waals surface area (Å²) in [5, 5.41) is 3.53. The second-order valence-electron chi connectivity index (χ2n) is 10.2. The standard InChI is InChI=1S/C29H35N9O2/c1-40-23-9-7-22(8-10-23)11-13-31-27-26-28(38(21-32-26)20-17-36-14-4-6-25(36)39)34-29(33-27)37-18-15-35(16-19-37)24-5-2-3-12-30-24/h2-3,5,7-10,12,21H,4,6,11,13-20H2,1H3,(H,31,33,34). The van der Waals surface area contributed by atoms with E-state index in [9.17, 15) is 4.79 Å². The lowest BCUT2D eigenvalue weighted by molar-refractivity contribution is -0.127. The Morgan fingerprint density at radius 1 is 0.925 bits per heavy atom. The molecule has 0 radical (unpaired) electrons. The first-order valence-corrected chi connectivity index (χ1v) is 14.0. The number of piperazine rings is 1. The summed E-state index contributed by atoms with van der Waals surface area (Å²) >= 11 is 0. The number of amides is 1. The van der Waals surface area contributed by atoms with Crippen LogP contribution in [0, 0.1) is 0 Å². The fourth-order valence-electron chi connectivity index (χ4n) is 5.32. The molecule has 0 spiro atoms. The molecule has 1 N–H and O–H groups in total. The normalized spacial score (nSPS) is 15.7. The van der Waals surface area contributed by atoms with E-state index in [2.05, 4.69) is 37.2 Å². The number of benzene rings is 1. The first-order chi connectivity index (χ1) is 19.7. The summed E-state index contributed by atoms with van der Waals surface area (Å²) in [5.41, 5.74) is 2.75. The van der Waals surface area contributed by atoms with E-state index in [-0.39, 0.29) is 5.91 Å². The van der Waals surface area contributed by atoms with Crippen LogP contribution in [0.3, 0.4) is 0 Å². The van der Waals surface area contributed by atoms with Gasteiger partial charge < -0.3 is 29.3 Å². The van der Waals surface area contributed by atoms with E-state index >= 15 is 0 Å². The Balaban J connectivity index is 1.21. The van der Waals surface area contributed by atoms with Crippen molar-refractivity contribution in [2.24, 2.45) is 0 Å².